The van der Waals surface area contributed by atoms with Crippen LogP contribution in [0.2, 0.25) is 0 Å². The number of fused-ring (bicyclic) bond motifs is 1. The Balaban J connectivity index is 1.30. The van der Waals surface area contributed by atoms with Crippen LogP contribution in [-0.2, 0) is 17.6 Å². The number of nitrogens with one attached hydrogen (secondary N) is 1. The van der Waals surface area contributed by atoms with Crippen LogP contribution in [-0.4, -0.2) is 50.6 Å². The minimum Gasteiger partial charge on any atom is -0.361 e. The van der Waals surface area contributed by atoms with Crippen molar-refractivity contribution in [2.45, 2.75) is 38.6 Å². The smallest absolute Gasteiger partial charge is 0.255 e. The summed E-state index contributed by atoms with van der Waals surface area (Å²) in [5.74, 6) is 0.510. The van der Waals surface area contributed by atoms with Crippen LogP contribution in [0, 0.1) is 0 Å². The van der Waals surface area contributed by atoms with Crippen molar-refractivity contribution in [1.82, 2.24) is 25.0 Å². The van der Waals surface area contributed by atoms with Crippen LogP contribution >= 0.6 is 0 Å². The highest BCUT2D eigenvalue weighted by Gasteiger charge is 2.25. The van der Waals surface area contributed by atoms with Gasteiger partial charge in [0.05, 0.1) is 29.4 Å². The Bertz CT molecular complexity index is 985. The van der Waals surface area contributed by atoms with Crippen LogP contribution in [0.1, 0.15) is 41.6 Å². The Hall–Kier alpha value is -3.16. The minimum atomic E-state index is -0.125. The number of carbonyl (C=O) groups excluding carboxylic acids is 2. The number of amides is 2. The van der Waals surface area contributed by atoms with Gasteiger partial charge >= 0.3 is 0 Å². The highest BCUT2D eigenvalue weighted by molar-refractivity contribution is 6.00. The largest absolute Gasteiger partial charge is 0.361 e. The fourth-order valence-corrected chi connectivity index (χ4v) is 3.51. The second kappa shape index (κ2) is 7.84. The predicted octanol–water partition coefficient (Wildman–Crippen LogP) is 1.85. The maximum atomic E-state index is 12.6. The van der Waals surface area contributed by atoms with Crippen LogP contribution in [0.15, 0.2) is 41.2 Å². The molecule has 0 radical (unpaired) electrons. The van der Waals surface area contributed by atoms with Crippen molar-refractivity contribution >= 4 is 17.3 Å². The molecule has 0 bridgehead atoms. The number of hydrogen-bond acceptors (Lipinski definition) is 5. The van der Waals surface area contributed by atoms with Crippen molar-refractivity contribution in [1.29, 1.82) is 0 Å². The molecular formula is C20H23N5O3. The molecule has 146 valence electrons. The fourth-order valence-electron chi connectivity index (χ4n) is 3.51. The number of hydrogen-bond donors (Lipinski definition) is 1. The van der Waals surface area contributed by atoms with Crippen molar-refractivity contribution in [2.24, 2.45) is 0 Å². The van der Waals surface area contributed by atoms with E-state index in [0.29, 0.717) is 24.4 Å². The molecule has 4 heterocycles. The molecule has 0 saturated carbocycles. The number of rotatable bonds is 5. The molecule has 0 unspecified atom stereocenters. The van der Waals surface area contributed by atoms with Crippen molar-refractivity contribution in [3.63, 3.8) is 0 Å². The van der Waals surface area contributed by atoms with E-state index in [2.05, 4.69) is 15.6 Å². The van der Waals surface area contributed by atoms with E-state index in [9.17, 15) is 9.59 Å². The van der Waals surface area contributed by atoms with Gasteiger partial charge < -0.3 is 14.7 Å². The zero-order valence-corrected chi connectivity index (χ0v) is 15.8. The molecule has 0 atom stereocenters. The van der Waals surface area contributed by atoms with Crippen molar-refractivity contribution in [2.75, 3.05) is 13.1 Å². The van der Waals surface area contributed by atoms with E-state index in [1.807, 2.05) is 42.3 Å². The third kappa shape index (κ3) is 3.76. The van der Waals surface area contributed by atoms with Crippen molar-refractivity contribution in [3.8, 4) is 0 Å². The molecule has 1 N–H and O–H groups in total. The lowest BCUT2D eigenvalue weighted by molar-refractivity contribution is -0.131. The van der Waals surface area contributed by atoms with E-state index < -0.39 is 0 Å². The van der Waals surface area contributed by atoms with Crippen molar-refractivity contribution in [3.05, 3.63) is 53.7 Å². The summed E-state index contributed by atoms with van der Waals surface area (Å²) >= 11 is 0. The SMILES string of the molecule is CCc1cc(CC(=O)N2CCC(NC(=O)c3cnn4ccccc34)CC2)on1. The maximum absolute atomic E-state index is 12.6. The highest BCUT2D eigenvalue weighted by atomic mass is 16.5. The Morgan fingerprint density at radius 1 is 1.29 bits per heavy atom. The number of likely N-dealkylation sites (tertiary alicyclic amines) is 1. The number of nitrogens with zero attached hydrogens (tertiary/aromatic N) is 4. The minimum absolute atomic E-state index is 0.0335. The summed E-state index contributed by atoms with van der Waals surface area (Å²) < 4.78 is 6.89. The molecule has 28 heavy (non-hydrogen) atoms. The van der Waals surface area contributed by atoms with Gasteiger partial charge in [-0.3, -0.25) is 9.59 Å². The summed E-state index contributed by atoms with van der Waals surface area (Å²) in [6, 6.07) is 7.51. The van der Waals surface area contributed by atoms with E-state index >= 15 is 0 Å². The molecule has 0 aromatic carbocycles. The molecule has 1 fully saturated rings. The zero-order chi connectivity index (χ0) is 19.5. The second-order valence-corrected chi connectivity index (χ2v) is 7.03. The van der Waals surface area contributed by atoms with Gasteiger partial charge in [-0.05, 0) is 31.4 Å². The summed E-state index contributed by atoms with van der Waals surface area (Å²) in [6.45, 7) is 3.23. The van der Waals surface area contributed by atoms with Gasteiger partial charge in [0.15, 0.2) is 0 Å². The van der Waals surface area contributed by atoms with Gasteiger partial charge in [-0.2, -0.15) is 5.10 Å². The molecule has 2 amide bonds. The Labute approximate surface area is 162 Å². The van der Waals surface area contributed by atoms with E-state index in [0.717, 1.165) is 30.5 Å². The average molecular weight is 381 g/mol. The first-order chi connectivity index (χ1) is 13.6. The quantitative estimate of drug-likeness (QED) is 0.728. The Morgan fingerprint density at radius 2 is 2.11 bits per heavy atom. The Kier molecular flexibility index (Phi) is 5.10. The number of carbonyl (C=O) groups is 2. The van der Waals surface area contributed by atoms with Gasteiger partial charge in [-0.1, -0.05) is 18.1 Å². The van der Waals surface area contributed by atoms with E-state index in [1.54, 1.807) is 10.7 Å². The van der Waals surface area contributed by atoms with E-state index in [1.165, 1.54) is 0 Å². The molecule has 8 nitrogen and oxygen atoms in total. The predicted molar refractivity (Wildman–Crippen MR) is 102 cm³/mol. The monoisotopic (exact) mass is 381 g/mol. The third-order valence-electron chi connectivity index (χ3n) is 5.15. The van der Waals surface area contributed by atoms with Gasteiger partial charge in [-0.15, -0.1) is 0 Å². The first-order valence-corrected chi connectivity index (χ1v) is 9.59. The molecular weight excluding hydrogens is 358 g/mol. The Morgan fingerprint density at radius 3 is 2.86 bits per heavy atom. The topological polar surface area (TPSA) is 92.7 Å². The first kappa shape index (κ1) is 18.2. The maximum Gasteiger partial charge on any atom is 0.255 e. The van der Waals surface area contributed by atoms with Crippen LogP contribution in [0.5, 0.6) is 0 Å². The van der Waals surface area contributed by atoms with Crippen LogP contribution in [0.3, 0.4) is 0 Å². The molecule has 4 rings (SSSR count). The molecule has 1 aliphatic heterocycles. The lowest BCUT2D eigenvalue weighted by Crippen LogP contribution is -2.46. The molecule has 0 spiro atoms. The first-order valence-electron chi connectivity index (χ1n) is 9.59. The summed E-state index contributed by atoms with van der Waals surface area (Å²) in [4.78, 5) is 26.9. The van der Waals surface area contributed by atoms with E-state index in [-0.39, 0.29) is 24.3 Å². The van der Waals surface area contributed by atoms with Crippen molar-refractivity contribution < 1.29 is 14.1 Å². The van der Waals surface area contributed by atoms with Gasteiger partial charge in [-0.25, -0.2) is 4.52 Å². The van der Waals surface area contributed by atoms with Gasteiger partial charge in [0, 0.05) is 31.4 Å². The van der Waals surface area contributed by atoms with Crippen LogP contribution in [0.25, 0.3) is 5.52 Å². The van der Waals surface area contributed by atoms with E-state index in [4.69, 9.17) is 4.52 Å². The number of aromatic nitrogens is 3. The summed E-state index contributed by atoms with van der Waals surface area (Å²) in [6.07, 6.45) is 5.88. The molecule has 3 aromatic rings. The number of pyridine rings is 1. The zero-order valence-electron chi connectivity index (χ0n) is 15.8. The number of piperidine rings is 1. The lowest BCUT2D eigenvalue weighted by Gasteiger charge is -2.32. The normalized spacial score (nSPS) is 15.1. The van der Waals surface area contributed by atoms with Gasteiger partial charge in [0.25, 0.3) is 5.91 Å². The lowest BCUT2D eigenvalue weighted by atomic mass is 10.0. The third-order valence-corrected chi connectivity index (χ3v) is 5.15. The number of aryl methyl sites for hydroxylation is 1. The van der Waals surface area contributed by atoms with Gasteiger partial charge in [0.2, 0.25) is 5.91 Å². The summed E-state index contributed by atoms with van der Waals surface area (Å²) in [5, 5.41) is 11.2. The average Bonchev–Trinajstić information content (AvgIpc) is 3.35. The molecule has 0 aliphatic carbocycles. The van der Waals surface area contributed by atoms with Gasteiger partial charge in [0.1, 0.15) is 5.76 Å². The summed E-state index contributed by atoms with van der Waals surface area (Å²) in [5.41, 5.74) is 2.21. The highest BCUT2D eigenvalue weighted by Crippen LogP contribution is 2.15. The molecule has 3 aromatic heterocycles. The summed E-state index contributed by atoms with van der Waals surface area (Å²) in [7, 11) is 0. The standard InChI is InChI=1S/C20H23N5O3/c1-2-14-11-16(28-23-14)12-19(26)24-9-6-15(7-10-24)22-20(27)17-13-21-25-8-4-3-5-18(17)25/h3-5,8,11,13,15H,2,6-7,9-10,12H2,1H3,(H,22,27). The molecule has 1 aliphatic rings. The second-order valence-electron chi connectivity index (χ2n) is 7.03. The van der Waals surface area contributed by atoms with Crippen LogP contribution < -0.4 is 5.32 Å². The van der Waals surface area contributed by atoms with Crippen LogP contribution in [0.4, 0.5) is 0 Å². The molecule has 1 saturated heterocycles. The fraction of sp³-hybridized carbons (Fsp3) is 0.400. The molecule has 8 heteroatoms.